The number of thiophene rings is 1. The van der Waals surface area contributed by atoms with Crippen molar-refractivity contribution in [3.8, 4) is 0 Å². The first-order chi connectivity index (χ1) is 8.58. The Kier molecular flexibility index (Phi) is 4.91. The zero-order chi connectivity index (χ0) is 13.1. The molecule has 18 heavy (non-hydrogen) atoms. The van der Waals surface area contributed by atoms with Crippen LogP contribution in [0.2, 0.25) is 0 Å². The van der Waals surface area contributed by atoms with Crippen molar-refractivity contribution in [2.45, 2.75) is 12.5 Å². The fourth-order valence-electron chi connectivity index (χ4n) is 1.74. The summed E-state index contributed by atoms with van der Waals surface area (Å²) < 4.78 is 15.1. The molecule has 1 atom stereocenters. The molecule has 6 heteroatoms. The molecule has 0 radical (unpaired) electrons. The minimum absolute atomic E-state index is 0.0266. The Balaban J connectivity index is 2.20. The first kappa shape index (κ1) is 14.1. The fourth-order valence-corrected chi connectivity index (χ4v) is 3.49. The van der Waals surface area contributed by atoms with E-state index in [0.29, 0.717) is 6.42 Å². The van der Waals surface area contributed by atoms with Crippen LogP contribution in [0.25, 0.3) is 0 Å². The summed E-state index contributed by atoms with van der Waals surface area (Å²) in [4.78, 5) is 0. The van der Waals surface area contributed by atoms with Crippen molar-refractivity contribution in [3.63, 3.8) is 0 Å². The van der Waals surface area contributed by atoms with Crippen molar-refractivity contribution >= 4 is 43.2 Å². The monoisotopic (exact) mass is 392 g/mol. The van der Waals surface area contributed by atoms with Gasteiger partial charge in [0.1, 0.15) is 5.82 Å². The van der Waals surface area contributed by atoms with E-state index in [1.54, 1.807) is 11.3 Å². The number of nitrogens with two attached hydrogens (primary N) is 1. The lowest BCUT2D eigenvalue weighted by Crippen LogP contribution is -2.29. The van der Waals surface area contributed by atoms with Crippen LogP contribution in [-0.4, -0.2) is 0 Å². The Labute approximate surface area is 126 Å². The molecule has 0 aliphatic rings. The molecule has 1 aromatic carbocycles. The maximum atomic E-state index is 13.3. The third-order valence-electron chi connectivity index (χ3n) is 2.55. The minimum Gasteiger partial charge on any atom is -0.271 e. The van der Waals surface area contributed by atoms with Gasteiger partial charge in [0.05, 0.1) is 9.83 Å². The zero-order valence-corrected chi connectivity index (χ0v) is 13.3. The summed E-state index contributed by atoms with van der Waals surface area (Å²) >= 11 is 8.31. The highest BCUT2D eigenvalue weighted by Gasteiger charge is 2.13. The van der Waals surface area contributed by atoms with Crippen LogP contribution < -0.4 is 11.3 Å². The molecular weight excluding hydrogens is 383 g/mol. The van der Waals surface area contributed by atoms with Crippen LogP contribution in [0.15, 0.2) is 37.9 Å². The van der Waals surface area contributed by atoms with Crippen LogP contribution in [0.4, 0.5) is 4.39 Å². The van der Waals surface area contributed by atoms with Gasteiger partial charge in [0.15, 0.2) is 0 Å². The van der Waals surface area contributed by atoms with E-state index in [2.05, 4.69) is 37.3 Å². The smallest absolute Gasteiger partial charge is 0.124 e. The van der Waals surface area contributed by atoms with E-state index in [0.717, 1.165) is 19.4 Å². The van der Waals surface area contributed by atoms with Crippen molar-refractivity contribution in [3.05, 3.63) is 54.8 Å². The predicted molar refractivity (Wildman–Crippen MR) is 79.9 cm³/mol. The van der Waals surface area contributed by atoms with Gasteiger partial charge in [-0.15, -0.1) is 11.3 Å². The molecule has 2 rings (SSSR count). The van der Waals surface area contributed by atoms with Crippen LogP contribution in [0.1, 0.15) is 17.2 Å². The van der Waals surface area contributed by atoms with Gasteiger partial charge in [-0.25, -0.2) is 4.39 Å². The average molecular weight is 394 g/mol. The Morgan fingerprint density at radius 2 is 2.06 bits per heavy atom. The van der Waals surface area contributed by atoms with Crippen molar-refractivity contribution in [1.82, 2.24) is 5.43 Å². The van der Waals surface area contributed by atoms with Crippen LogP contribution in [-0.2, 0) is 6.42 Å². The van der Waals surface area contributed by atoms with E-state index in [4.69, 9.17) is 5.84 Å². The molecule has 0 spiro atoms. The van der Waals surface area contributed by atoms with Gasteiger partial charge in [-0.05, 0) is 63.1 Å². The van der Waals surface area contributed by atoms with Gasteiger partial charge in [0, 0.05) is 4.47 Å². The van der Waals surface area contributed by atoms with Gasteiger partial charge in [0.25, 0.3) is 0 Å². The second kappa shape index (κ2) is 6.25. The number of halogens is 3. The highest BCUT2D eigenvalue weighted by molar-refractivity contribution is 9.11. The molecule has 3 N–H and O–H groups in total. The Morgan fingerprint density at radius 3 is 2.61 bits per heavy atom. The Bertz CT molecular complexity index is 524. The van der Waals surface area contributed by atoms with Gasteiger partial charge in [0.2, 0.25) is 0 Å². The van der Waals surface area contributed by atoms with Crippen molar-refractivity contribution in [1.29, 1.82) is 0 Å². The van der Waals surface area contributed by atoms with Crippen LogP contribution in [0.3, 0.4) is 0 Å². The Morgan fingerprint density at radius 1 is 1.28 bits per heavy atom. The maximum Gasteiger partial charge on any atom is 0.124 e. The molecule has 0 aliphatic carbocycles. The van der Waals surface area contributed by atoms with Gasteiger partial charge >= 0.3 is 0 Å². The number of hydrogen-bond acceptors (Lipinski definition) is 3. The molecule has 0 bridgehead atoms. The van der Waals surface area contributed by atoms with Gasteiger partial charge in [-0.2, -0.15) is 0 Å². The lowest BCUT2D eigenvalue weighted by molar-refractivity contribution is 0.549. The molecule has 2 nitrogen and oxygen atoms in total. The first-order valence-corrected chi connectivity index (χ1v) is 7.70. The van der Waals surface area contributed by atoms with E-state index in [9.17, 15) is 4.39 Å². The van der Waals surface area contributed by atoms with E-state index in [1.165, 1.54) is 12.1 Å². The fraction of sp³-hybridized carbons (Fsp3) is 0.167. The second-order valence-electron chi connectivity index (χ2n) is 3.89. The number of hydrogen-bond donors (Lipinski definition) is 2. The van der Waals surface area contributed by atoms with Crippen molar-refractivity contribution in [2.24, 2.45) is 5.84 Å². The number of benzene rings is 1. The summed E-state index contributed by atoms with van der Waals surface area (Å²) in [5, 5.41) is 2.03. The number of nitrogens with one attached hydrogen (secondary N) is 1. The summed E-state index contributed by atoms with van der Waals surface area (Å²) in [5.74, 6) is 5.32. The topological polar surface area (TPSA) is 38.0 Å². The highest BCUT2D eigenvalue weighted by atomic mass is 79.9. The molecule has 0 saturated carbocycles. The molecule has 1 heterocycles. The predicted octanol–water partition coefficient (Wildman–Crippen LogP) is 4.16. The largest absolute Gasteiger partial charge is 0.271 e. The van der Waals surface area contributed by atoms with Gasteiger partial charge < -0.3 is 0 Å². The lowest BCUT2D eigenvalue weighted by Gasteiger charge is -2.15. The number of hydrazine groups is 1. The molecule has 0 saturated heterocycles. The average Bonchev–Trinajstić information content (AvgIpc) is 2.71. The van der Waals surface area contributed by atoms with E-state index in [1.807, 2.05) is 17.5 Å². The second-order valence-corrected chi connectivity index (χ2v) is 7.09. The third kappa shape index (κ3) is 3.61. The normalized spacial score (nSPS) is 12.7. The van der Waals surface area contributed by atoms with E-state index < -0.39 is 0 Å². The summed E-state index contributed by atoms with van der Waals surface area (Å²) in [6.07, 6.45) is 0.635. The molecule has 1 unspecified atom stereocenters. The molecule has 0 amide bonds. The Hall–Kier alpha value is -0.270. The molecular formula is C12H11Br2FN2S. The summed E-state index contributed by atoms with van der Waals surface area (Å²) in [5.41, 5.74) is 4.76. The van der Waals surface area contributed by atoms with Crippen molar-refractivity contribution < 1.29 is 4.39 Å². The number of rotatable bonds is 4. The molecule has 0 aliphatic heterocycles. The molecule has 96 valence electrons. The maximum absolute atomic E-state index is 13.3. The standard InChI is InChI=1S/C12H11Br2FN2S/c13-9-1-7(2-10(15)5-9)3-11(17-16)8-4-12(14)18-6-8/h1-2,4-6,11,17H,3,16H2. The van der Waals surface area contributed by atoms with E-state index in [-0.39, 0.29) is 11.9 Å². The van der Waals surface area contributed by atoms with Gasteiger partial charge in [-0.1, -0.05) is 15.9 Å². The summed E-state index contributed by atoms with van der Waals surface area (Å²) in [7, 11) is 0. The SMILES string of the molecule is NNC(Cc1cc(F)cc(Br)c1)c1csc(Br)c1. The van der Waals surface area contributed by atoms with Gasteiger partial charge in [-0.3, -0.25) is 11.3 Å². The van der Waals surface area contributed by atoms with Crippen LogP contribution in [0.5, 0.6) is 0 Å². The van der Waals surface area contributed by atoms with Crippen LogP contribution >= 0.6 is 43.2 Å². The zero-order valence-electron chi connectivity index (χ0n) is 9.29. The molecule has 0 fully saturated rings. The van der Waals surface area contributed by atoms with E-state index >= 15 is 0 Å². The quantitative estimate of drug-likeness (QED) is 0.604. The molecule has 2 aromatic rings. The first-order valence-electron chi connectivity index (χ1n) is 5.23. The highest BCUT2D eigenvalue weighted by Crippen LogP contribution is 2.27. The summed E-state index contributed by atoms with van der Waals surface area (Å²) in [6, 6.07) is 6.85. The molecule has 1 aromatic heterocycles. The van der Waals surface area contributed by atoms with Crippen LogP contribution in [0, 0.1) is 5.82 Å². The summed E-state index contributed by atoms with van der Waals surface area (Å²) in [6.45, 7) is 0. The minimum atomic E-state index is -0.248. The lowest BCUT2D eigenvalue weighted by atomic mass is 10.0. The third-order valence-corrected chi connectivity index (χ3v) is 4.53. The van der Waals surface area contributed by atoms with Crippen molar-refractivity contribution in [2.75, 3.05) is 0 Å².